The second-order valence-corrected chi connectivity index (χ2v) is 8.19. The fourth-order valence-corrected chi connectivity index (χ4v) is 4.57. The van der Waals surface area contributed by atoms with Crippen LogP contribution in [0.2, 0.25) is 0 Å². The van der Waals surface area contributed by atoms with Gasteiger partial charge in [0.25, 0.3) is 0 Å². The molecule has 2 aromatic carbocycles. The van der Waals surface area contributed by atoms with Crippen molar-refractivity contribution >= 4 is 17.3 Å². The Morgan fingerprint density at radius 3 is 2.46 bits per heavy atom. The number of aliphatic carboxylic acids is 1. The molecule has 3 nitrogen and oxygen atoms in total. The summed E-state index contributed by atoms with van der Waals surface area (Å²) in [5.74, 6) is -0.710. The zero-order valence-electron chi connectivity index (χ0n) is 16.6. The summed E-state index contributed by atoms with van der Waals surface area (Å²) in [5.41, 5.74) is 6.14. The first kappa shape index (κ1) is 20.2. The zero-order chi connectivity index (χ0) is 20.1. The summed E-state index contributed by atoms with van der Waals surface area (Å²) < 4.78 is 5.99. The second kappa shape index (κ2) is 9.07. The number of carboxylic acid groups (broad SMARTS) is 1. The van der Waals surface area contributed by atoms with Crippen LogP contribution < -0.4 is 4.74 Å². The van der Waals surface area contributed by atoms with Crippen molar-refractivity contribution in [2.75, 3.05) is 0 Å². The number of carboxylic acids is 1. The molecule has 0 spiro atoms. The highest BCUT2D eigenvalue weighted by Crippen LogP contribution is 2.34. The van der Waals surface area contributed by atoms with E-state index in [4.69, 9.17) is 9.84 Å². The van der Waals surface area contributed by atoms with Gasteiger partial charge in [-0.2, -0.15) is 0 Å². The van der Waals surface area contributed by atoms with Crippen molar-refractivity contribution in [3.8, 4) is 16.2 Å². The quantitative estimate of drug-likeness (QED) is 0.469. The molecule has 3 rings (SSSR count). The Hall–Kier alpha value is -2.59. The Labute approximate surface area is 170 Å². The van der Waals surface area contributed by atoms with Crippen molar-refractivity contribution in [1.29, 1.82) is 0 Å². The minimum Gasteiger partial charge on any atom is -0.481 e. The first-order valence-electron chi connectivity index (χ1n) is 9.57. The normalized spacial score (nSPS) is 12.0. The highest BCUT2D eigenvalue weighted by molar-refractivity contribution is 7.13. The molecule has 0 amide bonds. The molecule has 1 heterocycles. The van der Waals surface area contributed by atoms with Crippen molar-refractivity contribution in [1.82, 2.24) is 0 Å². The highest BCUT2D eigenvalue weighted by Gasteiger charge is 2.16. The molecule has 0 bridgehead atoms. The van der Waals surface area contributed by atoms with Crippen LogP contribution in [0.4, 0.5) is 0 Å². The Balaban J connectivity index is 1.72. The van der Waals surface area contributed by atoms with Gasteiger partial charge < -0.3 is 9.84 Å². The third kappa shape index (κ3) is 4.82. The van der Waals surface area contributed by atoms with Crippen molar-refractivity contribution in [3.63, 3.8) is 0 Å². The fraction of sp³-hybridized carbons (Fsp3) is 0.292. The number of thiophene rings is 1. The maximum atomic E-state index is 11.0. The molecule has 0 radical (unpaired) electrons. The summed E-state index contributed by atoms with van der Waals surface area (Å²) in [4.78, 5) is 12.1. The summed E-state index contributed by atoms with van der Waals surface area (Å²) >= 11 is 1.55. The van der Waals surface area contributed by atoms with Crippen LogP contribution in [0.25, 0.3) is 11.1 Å². The van der Waals surface area contributed by atoms with Crippen LogP contribution in [0.5, 0.6) is 5.06 Å². The van der Waals surface area contributed by atoms with E-state index < -0.39 is 5.97 Å². The predicted molar refractivity (Wildman–Crippen MR) is 115 cm³/mol. The molecule has 3 aromatic rings. The fourth-order valence-electron chi connectivity index (χ4n) is 3.53. The maximum Gasteiger partial charge on any atom is 0.303 e. The van der Waals surface area contributed by atoms with E-state index in [0.717, 1.165) is 21.9 Å². The monoisotopic (exact) mass is 394 g/mol. The van der Waals surface area contributed by atoms with Gasteiger partial charge in [0.1, 0.15) is 6.61 Å². The SMILES string of the molecule is CCC(CC(=O)O)c1ccc(OCc2cccc(-c3c(C)cccc3C)c2)s1. The molecule has 0 saturated carbocycles. The zero-order valence-corrected chi connectivity index (χ0v) is 17.4. The third-order valence-electron chi connectivity index (χ3n) is 5.00. The molecule has 28 heavy (non-hydrogen) atoms. The van der Waals surface area contributed by atoms with Gasteiger partial charge in [0.2, 0.25) is 0 Å². The van der Waals surface area contributed by atoms with Gasteiger partial charge in [-0.1, -0.05) is 43.3 Å². The van der Waals surface area contributed by atoms with Crippen LogP contribution in [-0.4, -0.2) is 11.1 Å². The molecule has 0 aliphatic heterocycles. The lowest BCUT2D eigenvalue weighted by Crippen LogP contribution is -2.03. The van der Waals surface area contributed by atoms with Gasteiger partial charge in [-0.05, 0) is 66.3 Å². The predicted octanol–water partition coefficient (Wildman–Crippen LogP) is 6.58. The van der Waals surface area contributed by atoms with Crippen LogP contribution in [0.1, 0.15) is 47.3 Å². The van der Waals surface area contributed by atoms with E-state index in [9.17, 15) is 4.79 Å². The second-order valence-electron chi connectivity index (χ2n) is 7.12. The molecule has 1 atom stereocenters. The van der Waals surface area contributed by atoms with Gasteiger partial charge in [-0.3, -0.25) is 4.79 Å². The molecule has 0 aliphatic rings. The van der Waals surface area contributed by atoms with Gasteiger partial charge in [-0.15, -0.1) is 11.3 Å². The Kier molecular flexibility index (Phi) is 6.53. The van der Waals surface area contributed by atoms with E-state index in [1.165, 1.54) is 22.3 Å². The van der Waals surface area contributed by atoms with E-state index in [1.54, 1.807) is 11.3 Å². The van der Waals surface area contributed by atoms with E-state index in [-0.39, 0.29) is 12.3 Å². The van der Waals surface area contributed by atoms with E-state index in [2.05, 4.69) is 56.3 Å². The minimum absolute atomic E-state index is 0.0483. The molecular weight excluding hydrogens is 368 g/mol. The summed E-state index contributed by atoms with van der Waals surface area (Å²) in [6.07, 6.45) is 0.971. The molecule has 1 aromatic heterocycles. The van der Waals surface area contributed by atoms with Gasteiger partial charge in [0.15, 0.2) is 5.06 Å². The van der Waals surface area contributed by atoms with Gasteiger partial charge in [-0.25, -0.2) is 0 Å². The minimum atomic E-state index is -0.758. The average Bonchev–Trinajstić information content (AvgIpc) is 3.13. The van der Waals surface area contributed by atoms with E-state index in [0.29, 0.717) is 6.61 Å². The number of benzene rings is 2. The largest absolute Gasteiger partial charge is 0.481 e. The Bertz CT molecular complexity index is 938. The van der Waals surface area contributed by atoms with E-state index in [1.807, 2.05) is 19.1 Å². The Morgan fingerprint density at radius 2 is 1.79 bits per heavy atom. The summed E-state index contributed by atoms with van der Waals surface area (Å²) in [7, 11) is 0. The van der Waals surface area contributed by atoms with Crippen molar-refractivity contribution in [3.05, 3.63) is 76.2 Å². The van der Waals surface area contributed by atoms with Gasteiger partial charge in [0, 0.05) is 10.8 Å². The van der Waals surface area contributed by atoms with Crippen LogP contribution in [0.15, 0.2) is 54.6 Å². The first-order valence-corrected chi connectivity index (χ1v) is 10.4. The van der Waals surface area contributed by atoms with Gasteiger partial charge >= 0.3 is 5.97 Å². The number of carbonyl (C=O) groups is 1. The first-order chi connectivity index (χ1) is 13.5. The molecule has 4 heteroatoms. The summed E-state index contributed by atoms with van der Waals surface area (Å²) in [5, 5.41) is 9.90. The van der Waals surface area contributed by atoms with E-state index >= 15 is 0 Å². The van der Waals surface area contributed by atoms with Gasteiger partial charge in [0.05, 0.1) is 6.42 Å². The molecule has 1 N–H and O–H groups in total. The smallest absolute Gasteiger partial charge is 0.303 e. The van der Waals surface area contributed by atoms with Crippen LogP contribution in [-0.2, 0) is 11.4 Å². The van der Waals surface area contributed by atoms with Crippen molar-refractivity contribution in [2.24, 2.45) is 0 Å². The molecule has 0 aliphatic carbocycles. The topological polar surface area (TPSA) is 46.5 Å². The molecule has 1 unspecified atom stereocenters. The lowest BCUT2D eigenvalue weighted by molar-refractivity contribution is -0.137. The van der Waals surface area contributed by atoms with Crippen molar-refractivity contribution < 1.29 is 14.6 Å². The number of ether oxygens (including phenoxy) is 1. The summed E-state index contributed by atoms with van der Waals surface area (Å²) in [6, 6.07) is 18.8. The van der Waals surface area contributed by atoms with Crippen molar-refractivity contribution in [2.45, 2.75) is 46.1 Å². The molecule has 146 valence electrons. The third-order valence-corrected chi connectivity index (χ3v) is 6.16. The summed E-state index contributed by atoms with van der Waals surface area (Å²) in [6.45, 7) is 6.79. The highest BCUT2D eigenvalue weighted by atomic mass is 32.1. The van der Waals surface area contributed by atoms with Crippen LogP contribution >= 0.6 is 11.3 Å². The molecule has 0 fully saturated rings. The number of hydrogen-bond donors (Lipinski definition) is 1. The number of aryl methyl sites for hydroxylation is 2. The maximum absolute atomic E-state index is 11.0. The Morgan fingerprint density at radius 1 is 1.07 bits per heavy atom. The number of hydrogen-bond acceptors (Lipinski definition) is 3. The van der Waals surface area contributed by atoms with Crippen LogP contribution in [0.3, 0.4) is 0 Å². The van der Waals surface area contributed by atoms with Crippen LogP contribution in [0, 0.1) is 13.8 Å². The number of rotatable bonds is 8. The molecule has 0 saturated heterocycles. The lowest BCUT2D eigenvalue weighted by Gasteiger charge is -2.12. The lowest BCUT2D eigenvalue weighted by atomic mass is 9.95. The average molecular weight is 395 g/mol. The standard InChI is InChI=1S/C24H26O3S/c1-4-19(14-22(25)26)21-11-12-23(28-21)27-15-18-9-6-10-20(13-18)24-16(2)7-5-8-17(24)3/h5-13,19H,4,14-15H2,1-3H3,(H,25,26). The molecular formula is C24H26O3S.